The van der Waals surface area contributed by atoms with Crippen LogP contribution in [0.3, 0.4) is 0 Å². The number of nitrogens with one attached hydrogen (secondary N) is 3. The first-order valence-corrected chi connectivity index (χ1v) is 8.59. The van der Waals surface area contributed by atoms with Crippen LogP contribution < -0.4 is 15.4 Å². The first-order chi connectivity index (χ1) is 9.96. The predicted octanol–water partition coefficient (Wildman–Crippen LogP) is 1.22. The van der Waals surface area contributed by atoms with Crippen molar-refractivity contribution in [3.05, 3.63) is 35.4 Å². The summed E-state index contributed by atoms with van der Waals surface area (Å²) in [4.78, 5) is 4.09. The normalized spacial score (nSPS) is 11.7. The molecule has 0 aliphatic rings. The standard InChI is InChI=1S/C14H24N4O2S.HI/c1-4-21(19,20)18-10-9-16-14(15-3)17-11-13-7-5-12(2)6-8-13;/h5-8,18H,4,9-11H2,1-3H3,(H2,15,16,17);1H. The molecule has 3 N–H and O–H groups in total. The molecule has 0 saturated heterocycles. The smallest absolute Gasteiger partial charge is 0.211 e. The van der Waals surface area contributed by atoms with Crippen molar-refractivity contribution >= 4 is 40.0 Å². The third-order valence-corrected chi connectivity index (χ3v) is 4.33. The van der Waals surface area contributed by atoms with Crippen LogP contribution in [0.4, 0.5) is 0 Å². The summed E-state index contributed by atoms with van der Waals surface area (Å²) in [7, 11) is -1.45. The highest BCUT2D eigenvalue weighted by molar-refractivity contribution is 14.0. The number of benzene rings is 1. The molecule has 0 amide bonds. The summed E-state index contributed by atoms with van der Waals surface area (Å²) in [6.45, 7) is 5.14. The summed E-state index contributed by atoms with van der Waals surface area (Å²) >= 11 is 0. The maximum atomic E-state index is 11.3. The fraction of sp³-hybridized carbons (Fsp3) is 0.500. The van der Waals surface area contributed by atoms with Crippen molar-refractivity contribution in [2.75, 3.05) is 25.9 Å². The third-order valence-electron chi connectivity index (χ3n) is 2.92. The Morgan fingerprint density at radius 1 is 1.14 bits per heavy atom. The Kier molecular flexibility index (Phi) is 10.4. The van der Waals surface area contributed by atoms with E-state index in [9.17, 15) is 8.42 Å². The van der Waals surface area contributed by atoms with Crippen LogP contribution in [0.1, 0.15) is 18.1 Å². The summed E-state index contributed by atoms with van der Waals surface area (Å²) in [5.41, 5.74) is 2.39. The molecule has 126 valence electrons. The molecule has 0 atom stereocenters. The molecular formula is C14H25IN4O2S. The van der Waals surface area contributed by atoms with Gasteiger partial charge in [-0.15, -0.1) is 24.0 Å². The molecule has 1 rings (SSSR count). The van der Waals surface area contributed by atoms with E-state index in [1.54, 1.807) is 14.0 Å². The Morgan fingerprint density at radius 2 is 1.77 bits per heavy atom. The van der Waals surface area contributed by atoms with E-state index in [0.29, 0.717) is 25.6 Å². The maximum absolute atomic E-state index is 11.3. The van der Waals surface area contributed by atoms with Crippen molar-refractivity contribution in [1.29, 1.82) is 0 Å². The summed E-state index contributed by atoms with van der Waals surface area (Å²) in [5.74, 6) is 0.735. The third kappa shape index (κ3) is 8.54. The molecule has 0 heterocycles. The zero-order valence-electron chi connectivity index (χ0n) is 13.2. The number of hydrogen-bond acceptors (Lipinski definition) is 3. The van der Waals surface area contributed by atoms with Gasteiger partial charge in [0.2, 0.25) is 10.0 Å². The SMILES string of the molecule is CCS(=O)(=O)NCCNC(=NC)NCc1ccc(C)cc1.I. The van der Waals surface area contributed by atoms with Gasteiger partial charge in [-0.05, 0) is 19.4 Å². The molecule has 8 heteroatoms. The highest BCUT2D eigenvalue weighted by Crippen LogP contribution is 2.02. The zero-order valence-corrected chi connectivity index (χ0v) is 16.4. The zero-order chi connectivity index (χ0) is 15.7. The fourth-order valence-corrected chi connectivity index (χ4v) is 2.22. The molecule has 0 spiro atoms. The second kappa shape index (κ2) is 10.8. The molecule has 22 heavy (non-hydrogen) atoms. The van der Waals surface area contributed by atoms with E-state index in [1.165, 1.54) is 5.56 Å². The summed E-state index contributed by atoms with van der Waals surface area (Å²) in [6, 6.07) is 8.25. The predicted molar refractivity (Wildman–Crippen MR) is 102 cm³/mol. The van der Waals surface area contributed by atoms with Crippen molar-refractivity contribution < 1.29 is 8.42 Å². The number of sulfonamides is 1. The van der Waals surface area contributed by atoms with E-state index in [2.05, 4.69) is 51.5 Å². The number of aryl methyl sites for hydroxylation is 1. The van der Waals surface area contributed by atoms with Gasteiger partial charge in [0, 0.05) is 26.7 Å². The summed E-state index contributed by atoms with van der Waals surface area (Å²) < 4.78 is 25.0. The first-order valence-electron chi connectivity index (χ1n) is 6.94. The largest absolute Gasteiger partial charge is 0.355 e. The van der Waals surface area contributed by atoms with Crippen LogP contribution in [0.25, 0.3) is 0 Å². The Morgan fingerprint density at radius 3 is 2.32 bits per heavy atom. The van der Waals surface area contributed by atoms with Gasteiger partial charge in [-0.2, -0.15) is 0 Å². The number of rotatable bonds is 7. The number of nitrogens with zero attached hydrogens (tertiary/aromatic N) is 1. The van der Waals surface area contributed by atoms with Gasteiger partial charge < -0.3 is 10.6 Å². The van der Waals surface area contributed by atoms with Crippen molar-refractivity contribution in [3.63, 3.8) is 0 Å². The van der Waals surface area contributed by atoms with Crippen LogP contribution in [0.5, 0.6) is 0 Å². The van der Waals surface area contributed by atoms with Gasteiger partial charge in [-0.3, -0.25) is 4.99 Å². The highest BCUT2D eigenvalue weighted by Gasteiger charge is 2.04. The van der Waals surface area contributed by atoms with Gasteiger partial charge >= 0.3 is 0 Å². The number of halogens is 1. The molecule has 6 nitrogen and oxygen atoms in total. The van der Waals surface area contributed by atoms with E-state index in [1.807, 2.05) is 0 Å². The summed E-state index contributed by atoms with van der Waals surface area (Å²) in [5, 5.41) is 6.24. The lowest BCUT2D eigenvalue weighted by Gasteiger charge is -2.12. The van der Waals surface area contributed by atoms with Crippen LogP contribution in [0.2, 0.25) is 0 Å². The van der Waals surface area contributed by atoms with Gasteiger partial charge in [-0.1, -0.05) is 29.8 Å². The Bertz CT molecular complexity index is 559. The quantitative estimate of drug-likeness (QED) is 0.258. The molecule has 0 unspecified atom stereocenters. The molecule has 1 aromatic rings. The van der Waals surface area contributed by atoms with E-state index >= 15 is 0 Å². The van der Waals surface area contributed by atoms with Crippen molar-refractivity contribution in [2.24, 2.45) is 4.99 Å². The minimum atomic E-state index is -3.13. The highest BCUT2D eigenvalue weighted by atomic mass is 127. The maximum Gasteiger partial charge on any atom is 0.211 e. The minimum Gasteiger partial charge on any atom is -0.355 e. The molecular weight excluding hydrogens is 415 g/mol. The number of aliphatic imine (C=N–C) groups is 1. The van der Waals surface area contributed by atoms with Gasteiger partial charge in [0.25, 0.3) is 0 Å². The molecule has 0 bridgehead atoms. The monoisotopic (exact) mass is 440 g/mol. The van der Waals surface area contributed by atoms with E-state index < -0.39 is 10.0 Å². The van der Waals surface area contributed by atoms with Crippen LogP contribution in [0, 0.1) is 6.92 Å². The molecule has 0 radical (unpaired) electrons. The van der Waals surface area contributed by atoms with Crippen molar-refractivity contribution in [3.8, 4) is 0 Å². The molecule has 0 aliphatic heterocycles. The van der Waals surface area contributed by atoms with Crippen LogP contribution in [-0.4, -0.2) is 40.3 Å². The lowest BCUT2D eigenvalue weighted by Crippen LogP contribution is -2.41. The average molecular weight is 440 g/mol. The fourth-order valence-electron chi connectivity index (χ4n) is 1.60. The Labute approximate surface area is 150 Å². The van der Waals surface area contributed by atoms with E-state index in [-0.39, 0.29) is 29.7 Å². The number of guanidine groups is 1. The minimum absolute atomic E-state index is 0. The van der Waals surface area contributed by atoms with Crippen LogP contribution >= 0.6 is 24.0 Å². The molecule has 0 aromatic heterocycles. The summed E-state index contributed by atoms with van der Waals surface area (Å²) in [6.07, 6.45) is 0. The van der Waals surface area contributed by atoms with Gasteiger partial charge in [0.05, 0.1) is 5.75 Å². The first kappa shape index (κ1) is 21.1. The average Bonchev–Trinajstić information content (AvgIpc) is 2.48. The second-order valence-corrected chi connectivity index (χ2v) is 6.73. The second-order valence-electron chi connectivity index (χ2n) is 4.64. The van der Waals surface area contributed by atoms with Crippen molar-refractivity contribution in [1.82, 2.24) is 15.4 Å². The molecule has 0 aliphatic carbocycles. The van der Waals surface area contributed by atoms with Crippen molar-refractivity contribution in [2.45, 2.75) is 20.4 Å². The molecule has 0 saturated carbocycles. The van der Waals surface area contributed by atoms with Gasteiger partial charge in [0.15, 0.2) is 5.96 Å². The van der Waals surface area contributed by atoms with Gasteiger partial charge in [0.1, 0.15) is 0 Å². The van der Waals surface area contributed by atoms with E-state index in [0.717, 1.165) is 5.56 Å². The van der Waals surface area contributed by atoms with Crippen LogP contribution in [-0.2, 0) is 16.6 Å². The lowest BCUT2D eigenvalue weighted by atomic mass is 10.1. The number of hydrogen-bond donors (Lipinski definition) is 3. The van der Waals surface area contributed by atoms with Gasteiger partial charge in [-0.25, -0.2) is 13.1 Å². The van der Waals surface area contributed by atoms with E-state index in [4.69, 9.17) is 0 Å². The lowest BCUT2D eigenvalue weighted by molar-refractivity contribution is 0.582. The Hall–Kier alpha value is -0.870. The topological polar surface area (TPSA) is 82.6 Å². The molecule has 1 aromatic carbocycles. The Balaban J connectivity index is 0.00000441. The van der Waals surface area contributed by atoms with Crippen LogP contribution in [0.15, 0.2) is 29.3 Å². The molecule has 0 fully saturated rings.